The number of para-hydroxylation sites is 1. The van der Waals surface area contributed by atoms with E-state index in [1.54, 1.807) is 0 Å². The standard InChI is InChI=1S/C48H27N3S2/c1-2-15-31-28(11-1)12-10-19-32(31)29-13-9-14-30(27-29)45-37-18-3-6-20-38(37)49-48(50-45)51-39-25-23-35-33-16-4-7-21-41(33)52-46(35)43(39)44-40(51)26-24-36-34-17-5-8-22-42(34)53-47(36)44/h1-27H. The van der Waals surface area contributed by atoms with Gasteiger partial charge in [-0.2, -0.15) is 0 Å². The SMILES string of the molecule is c1cc(-c2cccc3ccccc23)cc(-c2nc(-n3c4ccc5c6ccccc6sc5c4c4c5sc6ccccc6c5ccc43)nc3ccccc23)c1. The highest BCUT2D eigenvalue weighted by Gasteiger charge is 2.23. The third-order valence-corrected chi connectivity index (χ3v) is 13.2. The highest BCUT2D eigenvalue weighted by molar-refractivity contribution is 7.28. The van der Waals surface area contributed by atoms with E-state index in [1.165, 1.54) is 73.0 Å². The summed E-state index contributed by atoms with van der Waals surface area (Å²) in [6.07, 6.45) is 0. The fourth-order valence-electron chi connectivity index (χ4n) is 8.45. The van der Waals surface area contributed by atoms with E-state index in [2.05, 4.69) is 168 Å². The Labute approximate surface area is 311 Å². The summed E-state index contributed by atoms with van der Waals surface area (Å²) >= 11 is 3.77. The van der Waals surface area contributed by atoms with Gasteiger partial charge in [0.05, 0.1) is 22.2 Å². The second-order valence-electron chi connectivity index (χ2n) is 13.7. The molecular formula is C48H27N3S2. The van der Waals surface area contributed by atoms with Crippen LogP contribution in [0.1, 0.15) is 0 Å². The fourth-order valence-corrected chi connectivity index (χ4v) is 11.0. The van der Waals surface area contributed by atoms with Crippen molar-refractivity contribution >= 4 is 106 Å². The van der Waals surface area contributed by atoms with Crippen LogP contribution in [0.3, 0.4) is 0 Å². The number of rotatable bonds is 3. The van der Waals surface area contributed by atoms with Crippen LogP contribution in [0.5, 0.6) is 0 Å². The zero-order chi connectivity index (χ0) is 34.6. The average molecular weight is 710 g/mol. The first-order valence-electron chi connectivity index (χ1n) is 17.8. The summed E-state index contributed by atoms with van der Waals surface area (Å²) in [5, 5.41) is 11.2. The second-order valence-corrected chi connectivity index (χ2v) is 15.8. The van der Waals surface area contributed by atoms with Crippen molar-refractivity contribution in [1.29, 1.82) is 0 Å². The molecule has 4 aromatic heterocycles. The summed E-state index contributed by atoms with van der Waals surface area (Å²) < 4.78 is 7.52. The molecule has 0 saturated carbocycles. The smallest absolute Gasteiger partial charge is 0.235 e. The van der Waals surface area contributed by atoms with Gasteiger partial charge in [-0.3, -0.25) is 4.57 Å². The van der Waals surface area contributed by atoms with E-state index >= 15 is 0 Å². The van der Waals surface area contributed by atoms with Crippen LogP contribution >= 0.6 is 22.7 Å². The Bertz CT molecular complexity index is 3340. The maximum absolute atomic E-state index is 5.52. The summed E-state index contributed by atoms with van der Waals surface area (Å²) in [7, 11) is 0. The van der Waals surface area contributed by atoms with Gasteiger partial charge >= 0.3 is 0 Å². The molecule has 0 amide bonds. The average Bonchev–Trinajstić information content (AvgIpc) is 3.90. The van der Waals surface area contributed by atoms with Crippen molar-refractivity contribution in [3.05, 3.63) is 164 Å². The van der Waals surface area contributed by atoms with Crippen LogP contribution < -0.4 is 0 Å². The van der Waals surface area contributed by atoms with Gasteiger partial charge in [-0.05, 0) is 58.3 Å². The molecule has 8 aromatic carbocycles. The number of nitrogens with zero attached hydrogens (tertiary/aromatic N) is 3. The van der Waals surface area contributed by atoms with E-state index in [9.17, 15) is 0 Å². The summed E-state index contributed by atoms with van der Waals surface area (Å²) in [5.41, 5.74) is 7.53. The van der Waals surface area contributed by atoms with Gasteiger partial charge in [0, 0.05) is 62.1 Å². The number of aromatic nitrogens is 3. The quantitative estimate of drug-likeness (QED) is 0.183. The van der Waals surface area contributed by atoms with Crippen molar-refractivity contribution in [2.45, 2.75) is 0 Å². The molecule has 12 aromatic rings. The lowest BCUT2D eigenvalue weighted by molar-refractivity contribution is 1.01. The Morgan fingerprint density at radius 3 is 1.70 bits per heavy atom. The summed E-state index contributed by atoms with van der Waals surface area (Å²) in [5.74, 6) is 0.676. The van der Waals surface area contributed by atoms with E-state index in [1.807, 2.05) is 22.7 Å². The zero-order valence-corrected chi connectivity index (χ0v) is 29.9. The van der Waals surface area contributed by atoms with Crippen LogP contribution in [0.4, 0.5) is 0 Å². The molecule has 5 heteroatoms. The van der Waals surface area contributed by atoms with Crippen molar-refractivity contribution in [2.75, 3.05) is 0 Å². The van der Waals surface area contributed by atoms with Gasteiger partial charge in [0.2, 0.25) is 5.95 Å². The van der Waals surface area contributed by atoms with Gasteiger partial charge in [0.25, 0.3) is 0 Å². The van der Waals surface area contributed by atoms with E-state index in [4.69, 9.17) is 9.97 Å². The predicted molar refractivity (Wildman–Crippen MR) is 228 cm³/mol. The Morgan fingerprint density at radius 2 is 0.981 bits per heavy atom. The number of thiophene rings is 2. The molecule has 0 bridgehead atoms. The van der Waals surface area contributed by atoms with Crippen LogP contribution in [-0.4, -0.2) is 14.5 Å². The lowest BCUT2D eigenvalue weighted by Gasteiger charge is -2.13. The molecule has 0 unspecified atom stereocenters. The molecule has 0 aliphatic rings. The Kier molecular flexibility index (Phi) is 6.09. The molecule has 0 fully saturated rings. The van der Waals surface area contributed by atoms with Crippen molar-refractivity contribution in [3.8, 4) is 28.3 Å². The van der Waals surface area contributed by atoms with Gasteiger partial charge in [0.1, 0.15) is 0 Å². The highest BCUT2D eigenvalue weighted by atomic mass is 32.1. The van der Waals surface area contributed by atoms with Gasteiger partial charge < -0.3 is 0 Å². The molecule has 0 saturated heterocycles. The number of hydrogen-bond acceptors (Lipinski definition) is 4. The second kappa shape index (κ2) is 11.1. The molecule has 0 atom stereocenters. The maximum atomic E-state index is 5.52. The normalized spacial score (nSPS) is 12.2. The van der Waals surface area contributed by atoms with Crippen molar-refractivity contribution in [2.24, 2.45) is 0 Å². The van der Waals surface area contributed by atoms with Crippen molar-refractivity contribution in [1.82, 2.24) is 14.5 Å². The highest BCUT2D eigenvalue weighted by Crippen LogP contribution is 2.48. The molecule has 0 aliphatic heterocycles. The maximum Gasteiger partial charge on any atom is 0.235 e. The lowest BCUT2D eigenvalue weighted by atomic mass is 9.96. The third kappa shape index (κ3) is 4.20. The minimum absolute atomic E-state index is 0.676. The van der Waals surface area contributed by atoms with E-state index in [-0.39, 0.29) is 0 Å². The van der Waals surface area contributed by atoms with Gasteiger partial charge in [-0.1, -0.05) is 127 Å². The molecular weight excluding hydrogens is 683 g/mol. The molecule has 3 nitrogen and oxygen atoms in total. The first-order valence-corrected chi connectivity index (χ1v) is 19.5. The zero-order valence-electron chi connectivity index (χ0n) is 28.2. The lowest BCUT2D eigenvalue weighted by Crippen LogP contribution is -2.03. The first kappa shape index (κ1) is 29.2. The summed E-state index contributed by atoms with van der Waals surface area (Å²) in [4.78, 5) is 10.8. The largest absolute Gasteiger partial charge is 0.278 e. The summed E-state index contributed by atoms with van der Waals surface area (Å²) in [6, 6.07) is 59.1. The summed E-state index contributed by atoms with van der Waals surface area (Å²) in [6.45, 7) is 0. The van der Waals surface area contributed by atoms with Crippen molar-refractivity contribution in [3.63, 3.8) is 0 Å². The van der Waals surface area contributed by atoms with E-state index in [0.717, 1.165) is 33.2 Å². The Balaban J connectivity index is 1.18. The van der Waals surface area contributed by atoms with Crippen LogP contribution in [-0.2, 0) is 0 Å². The predicted octanol–water partition coefficient (Wildman–Crippen LogP) is 13.9. The minimum atomic E-state index is 0.676. The molecule has 246 valence electrons. The molecule has 0 N–H and O–H groups in total. The van der Waals surface area contributed by atoms with Crippen LogP contribution in [0, 0.1) is 0 Å². The molecule has 0 radical (unpaired) electrons. The van der Waals surface area contributed by atoms with Gasteiger partial charge in [-0.25, -0.2) is 9.97 Å². The van der Waals surface area contributed by atoms with Gasteiger partial charge in [0.15, 0.2) is 0 Å². The molecule has 4 heterocycles. The minimum Gasteiger partial charge on any atom is -0.278 e. The van der Waals surface area contributed by atoms with Gasteiger partial charge in [-0.15, -0.1) is 22.7 Å². The monoisotopic (exact) mass is 709 g/mol. The van der Waals surface area contributed by atoms with Crippen LogP contribution in [0.15, 0.2) is 164 Å². The van der Waals surface area contributed by atoms with Crippen LogP contribution in [0.2, 0.25) is 0 Å². The number of hydrogen-bond donors (Lipinski definition) is 0. The molecule has 53 heavy (non-hydrogen) atoms. The molecule has 0 aliphatic carbocycles. The fraction of sp³-hybridized carbons (Fsp3) is 0. The molecule has 0 spiro atoms. The first-order chi connectivity index (χ1) is 26.3. The topological polar surface area (TPSA) is 30.7 Å². The molecule has 12 rings (SSSR count). The number of benzene rings is 8. The van der Waals surface area contributed by atoms with E-state index < -0.39 is 0 Å². The van der Waals surface area contributed by atoms with Crippen molar-refractivity contribution < 1.29 is 0 Å². The third-order valence-electron chi connectivity index (χ3n) is 10.8. The van der Waals surface area contributed by atoms with Crippen LogP contribution in [0.25, 0.3) is 112 Å². The number of fused-ring (bicyclic) bond motifs is 13. The van der Waals surface area contributed by atoms with E-state index in [0.29, 0.717) is 5.95 Å². The Morgan fingerprint density at radius 1 is 0.415 bits per heavy atom. The Hall–Kier alpha value is -6.40.